The predicted octanol–water partition coefficient (Wildman–Crippen LogP) is 5.63. The van der Waals surface area contributed by atoms with Crippen LogP contribution in [0.2, 0.25) is 0 Å². The Kier molecular flexibility index (Phi) is 6.74. The number of pyridine rings is 1. The Morgan fingerprint density at radius 3 is 2.67 bits per heavy atom. The molecule has 1 amide bonds. The molecule has 1 N–H and O–H groups in total. The molecule has 0 aliphatic carbocycles. The van der Waals surface area contributed by atoms with Gasteiger partial charge < -0.3 is 9.47 Å². The monoisotopic (exact) mass is 485 g/mol. The molecule has 0 spiro atoms. The van der Waals surface area contributed by atoms with Crippen LogP contribution >= 0.6 is 0 Å². The fourth-order valence-corrected chi connectivity index (χ4v) is 5.61. The van der Waals surface area contributed by atoms with E-state index >= 15 is 0 Å². The number of nitrogens with zero attached hydrogens (tertiary/aromatic N) is 2. The summed E-state index contributed by atoms with van der Waals surface area (Å²) in [6.45, 7) is 7.44. The number of carbonyl (C=O) groups is 2. The van der Waals surface area contributed by atoms with Crippen molar-refractivity contribution in [1.29, 1.82) is 0 Å². The number of fused-ring (bicyclic) bond motifs is 4. The largest absolute Gasteiger partial charge is 0.497 e. The summed E-state index contributed by atoms with van der Waals surface area (Å²) < 4.78 is 11.7. The number of nitrogens with one attached hydrogen (secondary N) is 1. The SMILES string of the molecule is C=C[C@@H]1CN2CC[C@H]1C[C@H]2[C@H](OC(=O)Nc1ccc(C(C)=O)cc1)c1ccnc2ccc(OC)cc12. The Morgan fingerprint density at radius 2 is 2.00 bits per heavy atom. The molecule has 36 heavy (non-hydrogen) atoms. The molecule has 2 aromatic carbocycles. The predicted molar refractivity (Wildman–Crippen MR) is 139 cm³/mol. The number of aromatic nitrogens is 1. The molecule has 6 rings (SSSR count). The van der Waals surface area contributed by atoms with Crippen molar-refractivity contribution >= 4 is 28.5 Å². The lowest BCUT2D eigenvalue weighted by molar-refractivity contribution is -0.0473. The number of Topliss-reactive ketones (excluding diaryl/α,β-unsaturated/α-hetero) is 1. The third-order valence-corrected chi connectivity index (χ3v) is 7.56. The van der Waals surface area contributed by atoms with Gasteiger partial charge in [0.1, 0.15) is 11.9 Å². The number of carbonyl (C=O) groups excluding carboxylic acids is 2. The lowest BCUT2D eigenvalue weighted by Crippen LogP contribution is -2.55. The molecule has 0 saturated carbocycles. The van der Waals surface area contributed by atoms with E-state index in [4.69, 9.17) is 9.47 Å². The summed E-state index contributed by atoms with van der Waals surface area (Å²) >= 11 is 0. The van der Waals surface area contributed by atoms with E-state index in [2.05, 4.69) is 27.9 Å². The van der Waals surface area contributed by atoms with Gasteiger partial charge in [-0.25, -0.2) is 4.79 Å². The summed E-state index contributed by atoms with van der Waals surface area (Å²) in [5.74, 6) is 1.68. The van der Waals surface area contributed by atoms with Gasteiger partial charge in [0.25, 0.3) is 0 Å². The maximum Gasteiger partial charge on any atom is 0.412 e. The number of ether oxygens (including phenoxy) is 2. The van der Waals surface area contributed by atoms with Gasteiger partial charge in [-0.2, -0.15) is 0 Å². The number of amides is 1. The molecule has 0 radical (unpaired) electrons. The van der Waals surface area contributed by atoms with Crippen molar-refractivity contribution in [3.05, 3.63) is 78.5 Å². The fraction of sp³-hybridized carbons (Fsp3) is 0.345. The number of piperidine rings is 3. The maximum atomic E-state index is 13.2. The van der Waals surface area contributed by atoms with Crippen molar-refractivity contribution in [2.75, 3.05) is 25.5 Å². The van der Waals surface area contributed by atoms with E-state index in [0.717, 1.165) is 48.1 Å². The first kappa shape index (κ1) is 24.0. The smallest absolute Gasteiger partial charge is 0.412 e. The van der Waals surface area contributed by atoms with Gasteiger partial charge >= 0.3 is 6.09 Å². The summed E-state index contributed by atoms with van der Waals surface area (Å²) in [6, 6.07) is 14.5. The molecule has 3 fully saturated rings. The Morgan fingerprint density at radius 1 is 1.19 bits per heavy atom. The van der Waals surface area contributed by atoms with Crippen molar-refractivity contribution in [3.8, 4) is 5.75 Å². The van der Waals surface area contributed by atoms with Gasteiger partial charge in [-0.05, 0) is 86.7 Å². The van der Waals surface area contributed by atoms with Crippen molar-refractivity contribution < 1.29 is 19.1 Å². The zero-order valence-corrected chi connectivity index (χ0v) is 20.6. The highest BCUT2D eigenvalue weighted by molar-refractivity contribution is 5.95. The van der Waals surface area contributed by atoms with E-state index in [1.807, 2.05) is 24.3 Å². The summed E-state index contributed by atoms with van der Waals surface area (Å²) in [4.78, 5) is 31.7. The summed E-state index contributed by atoms with van der Waals surface area (Å²) in [5, 5.41) is 3.74. The molecule has 3 saturated heterocycles. The topological polar surface area (TPSA) is 80.8 Å². The van der Waals surface area contributed by atoms with Crippen LogP contribution in [0, 0.1) is 11.8 Å². The molecule has 1 unspecified atom stereocenters. The summed E-state index contributed by atoms with van der Waals surface area (Å²) in [5.41, 5.74) is 2.89. The minimum Gasteiger partial charge on any atom is -0.497 e. The number of benzene rings is 2. The first-order valence-corrected chi connectivity index (χ1v) is 12.3. The lowest BCUT2D eigenvalue weighted by atomic mass is 9.73. The van der Waals surface area contributed by atoms with Gasteiger partial charge in [0.2, 0.25) is 0 Å². The molecule has 2 bridgehead atoms. The molecule has 3 aliphatic rings. The van der Waals surface area contributed by atoms with Gasteiger partial charge in [0.15, 0.2) is 5.78 Å². The van der Waals surface area contributed by atoms with E-state index in [-0.39, 0.29) is 11.8 Å². The van der Waals surface area contributed by atoms with Crippen LogP contribution in [0.3, 0.4) is 0 Å². The highest BCUT2D eigenvalue weighted by atomic mass is 16.6. The number of hydrogen-bond donors (Lipinski definition) is 1. The Hall–Kier alpha value is -3.71. The van der Waals surface area contributed by atoms with Crippen LogP contribution in [0.25, 0.3) is 10.9 Å². The highest BCUT2D eigenvalue weighted by Crippen LogP contribution is 2.43. The second-order valence-corrected chi connectivity index (χ2v) is 9.61. The van der Waals surface area contributed by atoms with Crippen molar-refractivity contribution in [1.82, 2.24) is 9.88 Å². The first-order valence-electron chi connectivity index (χ1n) is 12.3. The van der Waals surface area contributed by atoms with Crippen LogP contribution in [0.5, 0.6) is 5.75 Å². The number of anilines is 1. The zero-order chi connectivity index (χ0) is 25.2. The average Bonchev–Trinajstić information content (AvgIpc) is 2.91. The molecule has 3 aliphatic heterocycles. The highest BCUT2D eigenvalue weighted by Gasteiger charge is 2.44. The molecule has 3 aromatic rings. The third kappa shape index (κ3) is 4.71. The standard InChI is InChI=1S/C29H31N3O4/c1-4-19-17-32-14-12-21(19)15-27(32)28(24-11-13-30-26-10-9-23(35-3)16-25(24)26)36-29(34)31-22-7-5-20(6-8-22)18(2)33/h4-11,13,16,19,21,27-28H,1,12,14-15,17H2,2-3H3,(H,31,34)/t19-,21+,27+,28-/m1/s1. The van der Waals surface area contributed by atoms with Crippen LogP contribution in [-0.2, 0) is 4.74 Å². The van der Waals surface area contributed by atoms with Crippen molar-refractivity contribution in [2.24, 2.45) is 11.8 Å². The van der Waals surface area contributed by atoms with Crippen molar-refractivity contribution in [2.45, 2.75) is 31.9 Å². The number of hydrogen-bond acceptors (Lipinski definition) is 6. The molecule has 7 heteroatoms. The van der Waals surface area contributed by atoms with Crippen LogP contribution in [0.4, 0.5) is 10.5 Å². The second kappa shape index (κ2) is 10.1. The van der Waals surface area contributed by atoms with E-state index in [1.54, 1.807) is 37.6 Å². The van der Waals surface area contributed by atoms with Crippen LogP contribution < -0.4 is 10.1 Å². The van der Waals surface area contributed by atoms with E-state index in [0.29, 0.717) is 23.1 Å². The summed E-state index contributed by atoms with van der Waals surface area (Å²) in [6.07, 6.45) is 4.85. The van der Waals surface area contributed by atoms with Gasteiger partial charge in [0, 0.05) is 34.9 Å². The molecule has 5 atom stereocenters. The Bertz CT molecular complexity index is 1290. The third-order valence-electron chi connectivity index (χ3n) is 7.56. The first-order chi connectivity index (χ1) is 17.5. The van der Waals surface area contributed by atoms with Gasteiger partial charge in [-0.3, -0.25) is 20.0 Å². The molecule has 7 nitrogen and oxygen atoms in total. The van der Waals surface area contributed by atoms with Gasteiger partial charge in [0.05, 0.1) is 18.7 Å². The molecule has 186 valence electrons. The van der Waals surface area contributed by atoms with Gasteiger partial charge in [-0.1, -0.05) is 6.08 Å². The van der Waals surface area contributed by atoms with E-state index in [1.165, 1.54) is 6.92 Å². The second-order valence-electron chi connectivity index (χ2n) is 9.61. The van der Waals surface area contributed by atoms with Crippen LogP contribution in [-0.4, -0.2) is 48.0 Å². The van der Waals surface area contributed by atoms with Crippen LogP contribution in [0.1, 0.15) is 41.8 Å². The molecule has 1 aromatic heterocycles. The Balaban J connectivity index is 1.47. The number of rotatable bonds is 7. The zero-order valence-electron chi connectivity index (χ0n) is 20.6. The fourth-order valence-electron chi connectivity index (χ4n) is 5.61. The van der Waals surface area contributed by atoms with Crippen molar-refractivity contribution in [3.63, 3.8) is 0 Å². The average molecular weight is 486 g/mol. The number of ketones is 1. The van der Waals surface area contributed by atoms with Crippen LogP contribution in [0.15, 0.2) is 67.4 Å². The maximum absolute atomic E-state index is 13.2. The number of methoxy groups -OCH3 is 1. The van der Waals surface area contributed by atoms with E-state index < -0.39 is 12.2 Å². The lowest BCUT2D eigenvalue weighted by Gasteiger charge is -2.51. The van der Waals surface area contributed by atoms with Gasteiger partial charge in [-0.15, -0.1) is 6.58 Å². The molecular formula is C29H31N3O4. The minimum absolute atomic E-state index is 0.0246. The molecular weight excluding hydrogens is 454 g/mol. The quantitative estimate of drug-likeness (QED) is 0.345. The normalized spacial score (nSPS) is 23.6. The van der Waals surface area contributed by atoms with E-state index in [9.17, 15) is 9.59 Å². The molecule has 4 heterocycles. The summed E-state index contributed by atoms with van der Waals surface area (Å²) in [7, 11) is 1.64. The Labute approximate surface area is 211 Å². The minimum atomic E-state index is -0.536.